The quantitative estimate of drug-likeness (QED) is 0.118. The predicted octanol–water partition coefficient (Wildman–Crippen LogP) is 2.65. The van der Waals surface area contributed by atoms with E-state index in [1.54, 1.807) is 24.8 Å². The van der Waals surface area contributed by atoms with Gasteiger partial charge in [0.05, 0.1) is 12.4 Å². The van der Waals surface area contributed by atoms with E-state index < -0.39 is 0 Å². The molecular formula is C28H20N18Zn. The van der Waals surface area contributed by atoms with Gasteiger partial charge < -0.3 is 32.5 Å². The van der Waals surface area contributed by atoms with E-state index in [-0.39, 0.29) is 19.5 Å². The molecule has 0 spiro atoms. The monoisotopic (exact) mass is 672 g/mol. The fourth-order valence-electron chi connectivity index (χ4n) is 3.31. The number of nitriles is 2. The Kier molecular flexibility index (Phi) is 15.3. The van der Waals surface area contributed by atoms with Crippen LogP contribution in [0.3, 0.4) is 0 Å². The molecule has 0 aliphatic rings. The molecule has 0 aliphatic carbocycles. The summed E-state index contributed by atoms with van der Waals surface area (Å²) in [6.07, 6.45) is 9.30. The molecule has 0 saturated heterocycles. The van der Waals surface area contributed by atoms with Crippen LogP contribution >= 0.6 is 0 Å². The number of nitrogens with zero attached hydrogens (tertiary/aromatic N) is 16. The van der Waals surface area contributed by atoms with E-state index >= 15 is 0 Å². The Morgan fingerprint density at radius 2 is 0.766 bits per heavy atom. The van der Waals surface area contributed by atoms with Crippen molar-refractivity contribution in [3.63, 3.8) is 0 Å². The molecule has 0 bridgehead atoms. The van der Waals surface area contributed by atoms with Gasteiger partial charge in [0.15, 0.2) is 0 Å². The van der Waals surface area contributed by atoms with Crippen LogP contribution in [0, 0.1) is 22.9 Å². The van der Waals surface area contributed by atoms with Crippen molar-refractivity contribution in [3.05, 3.63) is 108 Å². The third kappa shape index (κ3) is 10.5. The fraction of sp³-hybridized carbons (Fsp3) is 0. The minimum atomic E-state index is 0. The van der Waals surface area contributed by atoms with Crippen LogP contribution in [0.4, 0.5) is 0 Å². The van der Waals surface area contributed by atoms with Crippen molar-refractivity contribution < 1.29 is 19.5 Å². The van der Waals surface area contributed by atoms with Gasteiger partial charge in [-0.2, -0.15) is 10.5 Å². The van der Waals surface area contributed by atoms with Crippen LogP contribution in [-0.2, 0) is 19.5 Å². The summed E-state index contributed by atoms with van der Waals surface area (Å²) in [4.78, 5) is 21.9. The summed E-state index contributed by atoms with van der Waals surface area (Å²) in [5, 5.41) is 45.9. The molecule has 0 saturated carbocycles. The molecular weight excluding hydrogens is 654 g/mol. The molecule has 6 heterocycles. The predicted molar refractivity (Wildman–Crippen MR) is 166 cm³/mol. The number of hydrogen-bond donors (Lipinski definition) is 2. The normalized spacial score (nSPS) is 8.81. The number of hydrogen-bond acceptors (Lipinski definition) is 14. The van der Waals surface area contributed by atoms with Gasteiger partial charge in [0.25, 0.3) is 0 Å². The summed E-state index contributed by atoms with van der Waals surface area (Å²) in [6, 6.07) is 24.7. The Bertz CT molecular complexity index is 1730. The second kappa shape index (κ2) is 19.9. The molecule has 0 atom stereocenters. The Morgan fingerprint density at radius 3 is 0.915 bits per heavy atom. The average Bonchev–Trinajstić information content (AvgIpc) is 3.70. The molecule has 4 N–H and O–H groups in total. The first-order valence-electron chi connectivity index (χ1n) is 12.6. The smallest absolute Gasteiger partial charge is 0.422 e. The molecule has 0 amide bonds. The molecule has 6 aromatic heterocycles. The van der Waals surface area contributed by atoms with E-state index in [0.29, 0.717) is 46.1 Å². The number of nitrogens with two attached hydrogens (primary N) is 2. The van der Waals surface area contributed by atoms with Gasteiger partial charge in [-0.3, -0.25) is 19.9 Å². The third-order valence-electron chi connectivity index (χ3n) is 5.17. The minimum absolute atomic E-state index is 0. The molecule has 0 fully saturated rings. The van der Waals surface area contributed by atoms with E-state index in [1.807, 2.05) is 72.8 Å². The number of aliphatic imine (C=N–C) groups is 2. The van der Waals surface area contributed by atoms with Gasteiger partial charge in [-0.15, -0.1) is 32.4 Å². The maximum Gasteiger partial charge on any atom is 2.00 e. The van der Waals surface area contributed by atoms with Crippen molar-refractivity contribution in [2.45, 2.75) is 0 Å². The van der Waals surface area contributed by atoms with Gasteiger partial charge in [0.2, 0.25) is 23.3 Å². The van der Waals surface area contributed by atoms with Crippen LogP contribution in [-0.4, -0.2) is 61.7 Å². The summed E-state index contributed by atoms with van der Waals surface area (Å²) in [6.45, 7) is 0. The number of aromatic nitrogens is 10. The SMILES string of the molecule is N#CN=C=[N-].N#CN=C=[N-].Nn1c(-c2ccccn2)nnc1-c1ccccn1.Nn1c(-c2ccccn2)nnc1-c1ccccn1.[Zn+2]. The van der Waals surface area contributed by atoms with Crippen LogP contribution < -0.4 is 11.7 Å². The zero-order chi connectivity index (χ0) is 33.0. The first-order valence-corrected chi connectivity index (χ1v) is 12.6. The summed E-state index contributed by atoms with van der Waals surface area (Å²) in [5.41, 5.74) is 2.70. The summed E-state index contributed by atoms with van der Waals surface area (Å²) < 4.78 is 2.79. The first-order chi connectivity index (χ1) is 22.5. The van der Waals surface area contributed by atoms with Gasteiger partial charge >= 0.3 is 19.5 Å². The molecule has 0 aromatic carbocycles. The summed E-state index contributed by atoms with van der Waals surface area (Å²) >= 11 is 0. The molecule has 0 aliphatic heterocycles. The van der Waals surface area contributed by atoms with Crippen LogP contribution in [0.25, 0.3) is 56.9 Å². The van der Waals surface area contributed by atoms with Crippen molar-refractivity contribution >= 4 is 12.0 Å². The van der Waals surface area contributed by atoms with E-state index in [9.17, 15) is 0 Å². The topological polar surface area (TPSA) is 282 Å². The van der Waals surface area contributed by atoms with Gasteiger partial charge in [-0.1, -0.05) is 24.3 Å². The Labute approximate surface area is 279 Å². The number of pyridine rings is 4. The molecule has 18 nitrogen and oxygen atoms in total. The van der Waals surface area contributed by atoms with Crippen LogP contribution in [0.15, 0.2) is 108 Å². The Morgan fingerprint density at radius 1 is 0.511 bits per heavy atom. The maximum absolute atomic E-state index is 7.43. The fourth-order valence-corrected chi connectivity index (χ4v) is 3.31. The van der Waals surface area contributed by atoms with Crippen molar-refractivity contribution in [2.75, 3.05) is 11.7 Å². The summed E-state index contributed by atoms with van der Waals surface area (Å²) in [7, 11) is 0. The molecule has 0 radical (unpaired) electrons. The van der Waals surface area contributed by atoms with E-state index in [4.69, 9.17) is 33.0 Å². The van der Waals surface area contributed by atoms with Crippen LogP contribution in [0.2, 0.25) is 0 Å². The standard InChI is InChI=1S/2C12H10N6.2C2N3.Zn/c2*13-18-11(9-5-1-3-7-14-9)16-17-12(18)10-6-2-4-8-15-10;2*3-1-5-2-4;/h2*1-8H,13H2;;;/q;;2*-1;+2. The van der Waals surface area contributed by atoms with E-state index in [1.165, 1.54) is 33.8 Å². The van der Waals surface area contributed by atoms with Crippen molar-refractivity contribution in [2.24, 2.45) is 9.98 Å². The molecule has 19 heteroatoms. The van der Waals surface area contributed by atoms with Crippen molar-refractivity contribution in [3.8, 4) is 58.5 Å². The van der Waals surface area contributed by atoms with E-state index in [2.05, 4.69) is 50.3 Å². The zero-order valence-corrected chi connectivity index (χ0v) is 27.2. The number of nitrogen functional groups attached to an aromatic ring is 2. The first kappa shape index (κ1) is 36.0. The average molecular weight is 674 g/mol. The minimum Gasteiger partial charge on any atom is -0.422 e. The van der Waals surface area contributed by atoms with E-state index in [0.717, 1.165) is 0 Å². The van der Waals surface area contributed by atoms with Crippen molar-refractivity contribution in [1.82, 2.24) is 49.7 Å². The largest absolute Gasteiger partial charge is 2.00 e. The van der Waals surface area contributed by atoms with Gasteiger partial charge in [0, 0.05) is 24.8 Å². The van der Waals surface area contributed by atoms with Gasteiger partial charge in [-0.25, -0.2) is 9.35 Å². The Balaban J connectivity index is 0.000000251. The van der Waals surface area contributed by atoms with Gasteiger partial charge in [-0.05, 0) is 48.5 Å². The van der Waals surface area contributed by atoms with Gasteiger partial charge in [0.1, 0.15) is 22.8 Å². The van der Waals surface area contributed by atoms with Crippen LogP contribution in [0.5, 0.6) is 0 Å². The second-order valence-electron chi connectivity index (χ2n) is 7.92. The molecule has 224 valence electrons. The molecule has 6 rings (SSSR count). The summed E-state index contributed by atoms with van der Waals surface area (Å²) in [5.74, 6) is 14.0. The molecule has 0 unspecified atom stereocenters. The second-order valence-corrected chi connectivity index (χ2v) is 7.92. The number of rotatable bonds is 4. The maximum atomic E-state index is 7.43. The Hall–Kier alpha value is -7.16. The van der Waals surface area contributed by atoms with Crippen LogP contribution in [0.1, 0.15) is 0 Å². The molecule has 6 aromatic rings. The van der Waals surface area contributed by atoms with Crippen molar-refractivity contribution in [1.29, 1.82) is 10.5 Å². The third-order valence-corrected chi connectivity index (χ3v) is 5.17. The molecule has 47 heavy (non-hydrogen) atoms. The zero-order valence-electron chi connectivity index (χ0n) is 24.3.